The van der Waals surface area contributed by atoms with E-state index in [4.69, 9.17) is 4.42 Å². The summed E-state index contributed by atoms with van der Waals surface area (Å²) in [4.78, 5) is 36.7. The number of rotatable bonds is 4. The lowest BCUT2D eigenvalue weighted by Crippen LogP contribution is -2.15. The van der Waals surface area contributed by atoms with Crippen molar-refractivity contribution in [3.63, 3.8) is 0 Å². The van der Waals surface area contributed by atoms with Gasteiger partial charge in [-0.15, -0.1) is 0 Å². The van der Waals surface area contributed by atoms with Crippen LogP contribution in [0, 0.1) is 10.1 Å². The molecule has 1 heterocycles. The van der Waals surface area contributed by atoms with Gasteiger partial charge >= 0.3 is 5.63 Å². The Hall–Kier alpha value is -3.48. The molecule has 0 atom stereocenters. The summed E-state index contributed by atoms with van der Waals surface area (Å²) in [6, 6.07) is 11.9. The first-order valence-electron chi connectivity index (χ1n) is 7.41. The van der Waals surface area contributed by atoms with Crippen LogP contribution in [0.2, 0.25) is 0 Å². The molecular weight excluding hydrogens is 324 g/mol. The van der Waals surface area contributed by atoms with Gasteiger partial charge in [0.15, 0.2) is 5.78 Å². The molecule has 0 unspecified atom stereocenters. The average molecular weight is 338 g/mol. The summed E-state index contributed by atoms with van der Waals surface area (Å²) in [5.41, 5.74) is 0.452. The van der Waals surface area contributed by atoms with E-state index in [1.807, 2.05) is 25.1 Å². The first kappa shape index (κ1) is 16.4. The molecule has 3 rings (SSSR count). The van der Waals surface area contributed by atoms with E-state index in [9.17, 15) is 19.7 Å². The van der Waals surface area contributed by atoms with Crippen molar-refractivity contribution in [1.29, 1.82) is 0 Å². The lowest BCUT2D eigenvalue weighted by Gasteiger charge is -2.12. The second kappa shape index (κ2) is 6.20. The van der Waals surface area contributed by atoms with Crippen LogP contribution in [0.1, 0.15) is 15.9 Å². The molecule has 1 aromatic heterocycles. The Morgan fingerprint density at radius 1 is 1.08 bits per heavy atom. The lowest BCUT2D eigenvalue weighted by molar-refractivity contribution is -0.384. The Balaban J connectivity index is 2.04. The molecule has 0 saturated carbocycles. The quantitative estimate of drug-likeness (QED) is 0.314. The van der Waals surface area contributed by atoms with Crippen LogP contribution in [0.5, 0.6) is 0 Å². The highest BCUT2D eigenvalue weighted by Gasteiger charge is 2.17. The number of hydrogen-bond acceptors (Lipinski definition) is 6. The normalized spacial score (nSPS) is 10.6. The van der Waals surface area contributed by atoms with Gasteiger partial charge in [0.05, 0.1) is 4.92 Å². The zero-order valence-electron chi connectivity index (χ0n) is 13.6. The van der Waals surface area contributed by atoms with Crippen LogP contribution in [0.15, 0.2) is 57.7 Å². The number of carbonyl (C=O) groups is 1. The van der Waals surface area contributed by atoms with Crippen LogP contribution in [-0.4, -0.2) is 24.8 Å². The summed E-state index contributed by atoms with van der Waals surface area (Å²) < 4.78 is 5.28. The van der Waals surface area contributed by atoms with E-state index >= 15 is 0 Å². The van der Waals surface area contributed by atoms with Gasteiger partial charge < -0.3 is 9.32 Å². The van der Waals surface area contributed by atoms with Crippen molar-refractivity contribution in [2.45, 2.75) is 0 Å². The minimum absolute atomic E-state index is 0.112. The van der Waals surface area contributed by atoms with E-state index in [1.54, 1.807) is 12.1 Å². The summed E-state index contributed by atoms with van der Waals surface area (Å²) in [7, 11) is 3.73. The maximum Gasteiger partial charge on any atom is 0.347 e. The van der Waals surface area contributed by atoms with E-state index in [0.717, 1.165) is 5.69 Å². The molecule has 3 aromatic rings. The van der Waals surface area contributed by atoms with Crippen LogP contribution in [0.25, 0.3) is 11.0 Å². The number of nitro groups is 1. The Morgan fingerprint density at radius 3 is 2.36 bits per heavy atom. The van der Waals surface area contributed by atoms with E-state index in [-0.39, 0.29) is 16.8 Å². The number of nitrogens with zero attached hydrogens (tertiary/aromatic N) is 2. The van der Waals surface area contributed by atoms with Gasteiger partial charge in [0.25, 0.3) is 5.69 Å². The van der Waals surface area contributed by atoms with Gasteiger partial charge in [0.1, 0.15) is 11.1 Å². The van der Waals surface area contributed by atoms with Crippen molar-refractivity contribution in [2.75, 3.05) is 19.0 Å². The van der Waals surface area contributed by atoms with E-state index < -0.39 is 16.3 Å². The minimum Gasteiger partial charge on any atom is -0.422 e. The van der Waals surface area contributed by atoms with Crippen LogP contribution in [0.4, 0.5) is 11.4 Å². The standard InChI is InChI=1S/C18H14N2O5/c1-19(2)14-8-5-12-9-15(18(22)25-16(12)10-14)17(21)11-3-6-13(7-4-11)20(23)24/h3-10H,1-2H3. The predicted octanol–water partition coefficient (Wildman–Crippen LogP) is 3.00. The molecule has 7 heteroatoms. The molecule has 0 radical (unpaired) electrons. The zero-order valence-corrected chi connectivity index (χ0v) is 13.6. The third-order valence-electron chi connectivity index (χ3n) is 3.82. The van der Waals surface area contributed by atoms with Gasteiger partial charge in [-0.2, -0.15) is 0 Å². The summed E-state index contributed by atoms with van der Waals surface area (Å²) in [5, 5.41) is 11.3. The monoisotopic (exact) mass is 338 g/mol. The van der Waals surface area contributed by atoms with Crippen LogP contribution in [-0.2, 0) is 0 Å². The fraction of sp³-hybridized carbons (Fsp3) is 0.111. The molecule has 0 fully saturated rings. The Kier molecular flexibility index (Phi) is 4.06. The van der Waals surface area contributed by atoms with Crippen molar-refractivity contribution >= 4 is 28.1 Å². The van der Waals surface area contributed by atoms with Gasteiger partial charge in [-0.3, -0.25) is 14.9 Å². The highest BCUT2D eigenvalue weighted by molar-refractivity contribution is 6.10. The first-order valence-corrected chi connectivity index (χ1v) is 7.41. The molecule has 7 nitrogen and oxygen atoms in total. The zero-order chi connectivity index (χ0) is 18.1. The van der Waals surface area contributed by atoms with Crippen LogP contribution in [0.3, 0.4) is 0 Å². The molecule has 0 aliphatic carbocycles. The average Bonchev–Trinajstić information content (AvgIpc) is 2.60. The minimum atomic E-state index is -0.744. The Morgan fingerprint density at radius 2 is 1.76 bits per heavy atom. The molecule has 0 amide bonds. The third kappa shape index (κ3) is 3.12. The lowest BCUT2D eigenvalue weighted by atomic mass is 10.0. The number of ketones is 1. The molecule has 2 aromatic carbocycles. The van der Waals surface area contributed by atoms with Gasteiger partial charge in [-0.05, 0) is 30.3 Å². The number of carbonyl (C=O) groups excluding carboxylic acids is 1. The topological polar surface area (TPSA) is 93.7 Å². The summed E-state index contributed by atoms with van der Waals surface area (Å²) in [5.74, 6) is -0.540. The maximum absolute atomic E-state index is 12.5. The van der Waals surface area contributed by atoms with Crippen molar-refractivity contribution in [3.8, 4) is 0 Å². The molecule has 0 saturated heterocycles. The van der Waals surface area contributed by atoms with Gasteiger partial charge in [0.2, 0.25) is 0 Å². The number of hydrogen-bond donors (Lipinski definition) is 0. The summed E-state index contributed by atoms with van der Waals surface area (Å²) in [6.45, 7) is 0. The Bertz CT molecular complexity index is 1040. The number of fused-ring (bicyclic) bond motifs is 1. The number of nitro benzene ring substituents is 1. The molecule has 25 heavy (non-hydrogen) atoms. The first-order chi connectivity index (χ1) is 11.9. The predicted molar refractivity (Wildman–Crippen MR) is 93.3 cm³/mol. The Labute approximate surface area is 142 Å². The fourth-order valence-electron chi connectivity index (χ4n) is 2.43. The van der Waals surface area contributed by atoms with Crippen molar-refractivity contribution in [2.24, 2.45) is 0 Å². The van der Waals surface area contributed by atoms with Gasteiger partial charge in [-0.1, -0.05) is 0 Å². The molecule has 0 aliphatic rings. The molecule has 0 spiro atoms. The summed E-state index contributed by atoms with van der Waals surface area (Å²) >= 11 is 0. The van der Waals surface area contributed by atoms with Gasteiger partial charge in [-0.25, -0.2) is 4.79 Å². The summed E-state index contributed by atoms with van der Waals surface area (Å²) in [6.07, 6.45) is 0. The second-order valence-electron chi connectivity index (χ2n) is 5.70. The second-order valence-corrected chi connectivity index (χ2v) is 5.70. The fourth-order valence-corrected chi connectivity index (χ4v) is 2.43. The molecular formula is C18H14N2O5. The third-order valence-corrected chi connectivity index (χ3v) is 3.82. The number of anilines is 1. The van der Waals surface area contributed by atoms with Crippen molar-refractivity contribution in [3.05, 3.63) is 80.2 Å². The largest absolute Gasteiger partial charge is 0.422 e. The SMILES string of the molecule is CN(C)c1ccc2cc(C(=O)c3ccc([N+](=O)[O-])cc3)c(=O)oc2c1. The number of benzene rings is 2. The van der Waals surface area contributed by atoms with Crippen molar-refractivity contribution < 1.29 is 14.1 Å². The molecule has 126 valence electrons. The van der Waals surface area contributed by atoms with Crippen LogP contribution >= 0.6 is 0 Å². The van der Waals surface area contributed by atoms with E-state index in [2.05, 4.69) is 0 Å². The number of non-ortho nitro benzene ring substituents is 1. The highest BCUT2D eigenvalue weighted by atomic mass is 16.6. The van der Waals surface area contributed by atoms with E-state index in [0.29, 0.717) is 11.0 Å². The highest BCUT2D eigenvalue weighted by Crippen LogP contribution is 2.22. The molecule has 0 aliphatic heterocycles. The maximum atomic E-state index is 12.5. The van der Waals surface area contributed by atoms with Gasteiger partial charge in [0, 0.05) is 48.9 Å². The van der Waals surface area contributed by atoms with Crippen LogP contribution < -0.4 is 10.5 Å². The van der Waals surface area contributed by atoms with Crippen molar-refractivity contribution in [1.82, 2.24) is 0 Å². The smallest absolute Gasteiger partial charge is 0.347 e. The molecule has 0 N–H and O–H groups in total. The van der Waals surface area contributed by atoms with E-state index in [1.165, 1.54) is 30.3 Å². The molecule has 0 bridgehead atoms.